The summed E-state index contributed by atoms with van der Waals surface area (Å²) in [6.45, 7) is 8.96. The number of ketones is 3. The number of anilines is 2. The molecule has 0 spiro atoms. The summed E-state index contributed by atoms with van der Waals surface area (Å²) < 4.78 is 24.0. The van der Waals surface area contributed by atoms with E-state index < -0.39 is 59.3 Å². The third-order valence-electron chi connectivity index (χ3n) is 17.2. The first-order chi connectivity index (χ1) is 46.3. The van der Waals surface area contributed by atoms with Gasteiger partial charge in [-0.05, 0) is 103 Å². The van der Waals surface area contributed by atoms with Gasteiger partial charge in [0.2, 0.25) is 29.4 Å². The maximum Gasteiger partial charge on any atom is 0.416 e. The zero-order chi connectivity index (χ0) is 69.5. The summed E-state index contributed by atoms with van der Waals surface area (Å²) in [4.78, 5) is 153. The van der Waals surface area contributed by atoms with Crippen LogP contribution in [0.2, 0.25) is 0 Å². The smallest absolute Gasteiger partial charge is 0.416 e. The first kappa shape index (κ1) is 67.2. The summed E-state index contributed by atoms with van der Waals surface area (Å²) in [6.07, 6.45) is 3.29. The van der Waals surface area contributed by atoms with Crippen molar-refractivity contribution in [2.75, 3.05) is 35.7 Å². The Morgan fingerprint density at radius 1 is 0.854 bits per heavy atom. The number of hydrogen-bond donors (Lipinski definition) is 4. The number of carboxylic acid groups (broad SMARTS) is 1. The Hall–Kier alpha value is -10.3. The molecule has 3 aliphatic heterocycles. The van der Waals surface area contributed by atoms with Crippen molar-refractivity contribution in [3.63, 3.8) is 0 Å². The van der Waals surface area contributed by atoms with Gasteiger partial charge >= 0.3 is 12.1 Å². The topological polar surface area (TPSA) is 308 Å². The molecule has 6 heterocycles. The first-order valence-electron chi connectivity index (χ1n) is 32.1. The third kappa shape index (κ3) is 15.4. The Morgan fingerprint density at radius 2 is 1.58 bits per heavy atom. The van der Waals surface area contributed by atoms with Gasteiger partial charge in [0.05, 0.1) is 46.3 Å². The lowest BCUT2D eigenvalue weighted by atomic mass is 10.00. The second kappa shape index (κ2) is 29.6. The number of carbonyl (C=O) groups excluding carboxylic acids is 10. The normalized spacial score (nSPS) is 16.8. The van der Waals surface area contributed by atoms with Crippen molar-refractivity contribution >= 4 is 99.0 Å². The van der Waals surface area contributed by atoms with E-state index in [2.05, 4.69) is 22.2 Å². The molecule has 25 heteroatoms. The molecular formula is C71H75N9O15S. The number of rotatable bonds is 27. The maximum absolute atomic E-state index is 14.2. The van der Waals surface area contributed by atoms with E-state index in [4.69, 9.17) is 10.8 Å². The second-order valence-electron chi connectivity index (χ2n) is 24.5. The number of likely N-dealkylation sites (tertiary alicyclic amines) is 1. The quantitative estimate of drug-likeness (QED) is 0.0162. The zero-order valence-electron chi connectivity index (χ0n) is 54.8. The Morgan fingerprint density at radius 3 is 2.32 bits per heavy atom. The van der Waals surface area contributed by atoms with Gasteiger partial charge in [-0.3, -0.25) is 52.6 Å². The standard InChI is InChI=1S/C71H75N9O15S/c1-8-26-96-60-35-63(85)78(69(60)90)24-22-51(81)28-42(4)65(86)72-43(5)57(82)30-44-11-13-46(14-12-44)39-95-71(93)80-54-34-59(41(3)29-52(54)66(87)79-36-40(2)27-56(79)68(80)89)94-25-9-10-62(84)73-61-38-76(7)64(74-61)58(83)31-45-15-17-47(18-16-45)50-33-55(75(6)37-50)67(88)77-23-21-48-32-49(70(91)92)19-20-53(48)77/h11-21,23,29,32-34,37-38,42-43,56,60,68,89H,2,8-10,22,24-28,30-31,35-36,39H2,1,3-7H3,(H,72,86)(H,73,84)(H,91,92)/t42-,43+,56+,60?,68+/m1/s1/i1T. The van der Waals surface area contributed by atoms with Crippen LogP contribution in [0.3, 0.4) is 0 Å². The fourth-order valence-corrected chi connectivity index (χ4v) is 12.9. The average Bonchev–Trinajstić information content (AvgIpc) is 1.61. The van der Waals surface area contributed by atoms with Gasteiger partial charge in [-0.2, -0.15) is 0 Å². The number of aryl methyl sites for hydroxylation is 3. The number of aliphatic hydroxyl groups excluding tert-OH is 1. The summed E-state index contributed by atoms with van der Waals surface area (Å²) in [5.74, 6) is -3.90. The fraction of sp³-hybridized carbons (Fsp3) is 0.352. The summed E-state index contributed by atoms with van der Waals surface area (Å²) in [5, 5.41) is 26.8. The number of carbonyl (C=O) groups is 11. The van der Waals surface area contributed by atoms with E-state index in [1.165, 1.54) is 50.2 Å². The summed E-state index contributed by atoms with van der Waals surface area (Å²) >= 11 is 1.34. The molecule has 7 aromatic rings. The number of thioether (sulfide) groups is 1. The summed E-state index contributed by atoms with van der Waals surface area (Å²) in [5.41, 5.74) is 5.95. The van der Waals surface area contributed by atoms with Crippen molar-refractivity contribution in [3.8, 4) is 16.9 Å². The number of benzene rings is 4. The molecule has 0 bridgehead atoms. The van der Waals surface area contributed by atoms with Crippen LogP contribution in [0.15, 0.2) is 122 Å². The number of aliphatic hydroxyl groups is 1. The van der Waals surface area contributed by atoms with Crippen LogP contribution in [-0.4, -0.2) is 153 Å². The Bertz CT molecular complexity index is 4290. The van der Waals surface area contributed by atoms with Crippen LogP contribution in [0, 0.1) is 12.8 Å². The van der Waals surface area contributed by atoms with Crippen molar-refractivity contribution in [2.24, 2.45) is 20.0 Å². The molecule has 1 unspecified atom stereocenters. The van der Waals surface area contributed by atoms with Gasteiger partial charge < -0.3 is 44.4 Å². The average molecular weight is 1330 g/mol. The molecule has 4 aromatic carbocycles. The number of imidazole rings is 1. The molecule has 6 amide bonds. The molecule has 3 aliphatic rings. The highest BCUT2D eigenvalue weighted by molar-refractivity contribution is 8.00. The number of imide groups is 1. The maximum atomic E-state index is 14.2. The van der Waals surface area contributed by atoms with E-state index >= 15 is 0 Å². The molecule has 0 saturated carbocycles. The van der Waals surface area contributed by atoms with Crippen molar-refractivity contribution < 1.29 is 73.8 Å². The van der Waals surface area contributed by atoms with E-state index in [-0.39, 0.29) is 154 Å². The molecule has 0 aliphatic carbocycles. The molecule has 24 nitrogen and oxygen atoms in total. The SMILES string of the molecule is [3H]CCCSC1CC(=O)N(CCC(=O)C[C@@H](C)C(=O)N[C@@H](C)C(=O)Cc2ccc(COC(=O)N3c4cc(OCCCC(=O)Nc5cn(C)c(C(=O)Cc6ccc(-c7cc(C(=O)n8ccc9cc(C(=O)O)ccc98)n(C)c7)cc6)n5)c(C)cc4C(=O)N4CC(=C)C[C@H]4[C@@H]3O)cc2)C1=O. The van der Waals surface area contributed by atoms with Crippen molar-refractivity contribution in [1.82, 2.24) is 33.8 Å². The highest BCUT2D eigenvalue weighted by atomic mass is 32.2. The number of carboxylic acids is 1. The number of hydrogen-bond acceptors (Lipinski definition) is 16. The molecule has 0 radical (unpaired) electrons. The number of Topliss-reactive ketones (excluding diaryl/α,β-unsaturated/α-hetero) is 3. The number of amides is 6. The monoisotopic (exact) mass is 1330 g/mol. The molecule has 4 N–H and O–H groups in total. The third-order valence-corrected chi connectivity index (χ3v) is 18.5. The van der Waals surface area contributed by atoms with Crippen LogP contribution in [0.5, 0.6) is 5.75 Å². The molecule has 2 saturated heterocycles. The van der Waals surface area contributed by atoms with Crippen molar-refractivity contribution in [2.45, 2.75) is 116 Å². The van der Waals surface area contributed by atoms with Crippen LogP contribution in [0.1, 0.15) is 131 Å². The van der Waals surface area contributed by atoms with Crippen LogP contribution < -0.4 is 20.3 Å². The highest BCUT2D eigenvalue weighted by Crippen LogP contribution is 2.40. The highest BCUT2D eigenvalue weighted by Gasteiger charge is 2.46. The fourth-order valence-electron chi connectivity index (χ4n) is 12.0. The molecule has 5 atom stereocenters. The van der Waals surface area contributed by atoms with Crippen LogP contribution in [0.25, 0.3) is 22.0 Å². The van der Waals surface area contributed by atoms with Gasteiger partial charge in [0, 0.05) is 109 Å². The number of aromatic nitrogens is 4. The van der Waals surface area contributed by atoms with Crippen molar-refractivity contribution in [1.29, 1.82) is 0 Å². The number of nitrogens with one attached hydrogen (secondary N) is 2. The minimum absolute atomic E-state index is 0.00466. The molecule has 2 fully saturated rings. The van der Waals surface area contributed by atoms with E-state index in [1.807, 2.05) is 30.5 Å². The predicted octanol–water partition coefficient (Wildman–Crippen LogP) is 8.42. The lowest BCUT2D eigenvalue weighted by Crippen LogP contribution is -2.50. The van der Waals surface area contributed by atoms with Crippen LogP contribution in [-0.2, 0) is 67.0 Å². The van der Waals surface area contributed by atoms with Gasteiger partial charge in [0.15, 0.2) is 23.7 Å². The van der Waals surface area contributed by atoms with Crippen LogP contribution >= 0.6 is 11.8 Å². The molecular weight excluding hydrogens is 1250 g/mol. The Balaban J connectivity index is 0.688. The van der Waals surface area contributed by atoms with E-state index in [0.29, 0.717) is 56.6 Å². The first-order valence-corrected chi connectivity index (χ1v) is 32.5. The molecule has 3 aromatic heterocycles. The van der Waals surface area contributed by atoms with E-state index in [9.17, 15) is 63.0 Å². The summed E-state index contributed by atoms with van der Waals surface area (Å²) in [7, 11) is 3.41. The lowest BCUT2D eigenvalue weighted by molar-refractivity contribution is -0.139. The molecule has 500 valence electrons. The number of ether oxygens (including phenoxy) is 2. The van der Waals surface area contributed by atoms with E-state index in [1.54, 1.807) is 94.2 Å². The molecule has 10 rings (SSSR count). The van der Waals surface area contributed by atoms with Gasteiger partial charge in [-0.1, -0.05) is 74.5 Å². The zero-order valence-corrected chi connectivity index (χ0v) is 54.6. The number of aromatic carboxylic acids is 1. The van der Waals surface area contributed by atoms with E-state index in [0.717, 1.165) is 20.9 Å². The number of nitrogens with zero attached hydrogens (tertiary/aromatic N) is 7. The number of fused-ring (bicyclic) bond motifs is 3. The Kier molecular flexibility index (Phi) is 20.7. The summed E-state index contributed by atoms with van der Waals surface area (Å²) in [6, 6.07) is 23.4. The second-order valence-corrected chi connectivity index (χ2v) is 25.8. The predicted molar refractivity (Wildman–Crippen MR) is 357 cm³/mol. The van der Waals surface area contributed by atoms with Gasteiger partial charge in [-0.25, -0.2) is 19.5 Å². The minimum Gasteiger partial charge on any atom is -0.493 e. The lowest BCUT2D eigenvalue weighted by Gasteiger charge is -2.31. The minimum atomic E-state index is -1.55. The van der Waals surface area contributed by atoms with Gasteiger partial charge in [0.1, 0.15) is 23.8 Å². The van der Waals surface area contributed by atoms with Gasteiger partial charge in [0.25, 0.3) is 11.8 Å². The Labute approximate surface area is 559 Å². The van der Waals surface area contributed by atoms with Crippen molar-refractivity contribution in [3.05, 3.63) is 167 Å². The molecule has 96 heavy (non-hydrogen) atoms. The van der Waals surface area contributed by atoms with Crippen LogP contribution in [0.4, 0.5) is 16.3 Å². The van der Waals surface area contributed by atoms with Gasteiger partial charge in [-0.15, -0.1) is 11.8 Å². The largest absolute Gasteiger partial charge is 0.493 e.